The number of methoxy groups -OCH3 is 1. The summed E-state index contributed by atoms with van der Waals surface area (Å²) in [5.74, 6) is 1.74. The van der Waals surface area contributed by atoms with Gasteiger partial charge in [-0.25, -0.2) is 4.98 Å². The molecule has 0 fully saturated rings. The SMILES string of the molecule is CCCc1nc2c(c(=O)[nH]1)CCN(Cc1cc(C)c(OC)cc1C)C2. The first-order valence-electron chi connectivity index (χ1n) is 8.99. The van der Waals surface area contributed by atoms with Crippen LogP contribution in [0.5, 0.6) is 5.75 Å². The second-order valence-corrected chi connectivity index (χ2v) is 6.90. The molecule has 1 aromatic carbocycles. The Hall–Kier alpha value is -2.14. The molecule has 5 nitrogen and oxygen atoms in total. The molecule has 0 radical (unpaired) electrons. The number of rotatable bonds is 5. The maximum atomic E-state index is 12.3. The van der Waals surface area contributed by atoms with Gasteiger partial charge in [-0.05, 0) is 49.4 Å². The number of benzene rings is 1. The quantitative estimate of drug-likeness (QED) is 0.908. The summed E-state index contributed by atoms with van der Waals surface area (Å²) in [5, 5.41) is 0. The molecule has 0 saturated heterocycles. The van der Waals surface area contributed by atoms with Crippen molar-refractivity contribution < 1.29 is 4.74 Å². The molecule has 1 aliphatic rings. The number of H-pyrrole nitrogens is 1. The van der Waals surface area contributed by atoms with E-state index >= 15 is 0 Å². The highest BCUT2D eigenvalue weighted by atomic mass is 16.5. The summed E-state index contributed by atoms with van der Waals surface area (Å²) >= 11 is 0. The molecule has 1 aromatic heterocycles. The van der Waals surface area contributed by atoms with Crippen LogP contribution in [0.1, 0.15) is 47.1 Å². The summed E-state index contributed by atoms with van der Waals surface area (Å²) in [6.07, 6.45) is 2.56. The molecular formula is C20H27N3O2. The molecule has 0 amide bonds. The van der Waals surface area contributed by atoms with Gasteiger partial charge in [-0.2, -0.15) is 0 Å². The molecule has 0 bridgehead atoms. The fraction of sp³-hybridized carbons (Fsp3) is 0.500. The van der Waals surface area contributed by atoms with Crippen molar-refractivity contribution in [1.82, 2.24) is 14.9 Å². The highest BCUT2D eigenvalue weighted by Crippen LogP contribution is 2.25. The zero-order valence-electron chi connectivity index (χ0n) is 15.6. The monoisotopic (exact) mass is 341 g/mol. The molecule has 134 valence electrons. The van der Waals surface area contributed by atoms with Gasteiger partial charge in [0.1, 0.15) is 11.6 Å². The summed E-state index contributed by atoms with van der Waals surface area (Å²) < 4.78 is 5.40. The third-order valence-corrected chi connectivity index (χ3v) is 4.94. The third kappa shape index (κ3) is 3.76. The number of nitrogens with zero attached hydrogens (tertiary/aromatic N) is 2. The van der Waals surface area contributed by atoms with Gasteiger partial charge in [-0.1, -0.05) is 13.0 Å². The van der Waals surface area contributed by atoms with Crippen molar-refractivity contribution >= 4 is 0 Å². The maximum absolute atomic E-state index is 12.3. The Morgan fingerprint density at radius 2 is 2.08 bits per heavy atom. The van der Waals surface area contributed by atoms with Crippen molar-refractivity contribution in [3.63, 3.8) is 0 Å². The second-order valence-electron chi connectivity index (χ2n) is 6.90. The Bertz CT molecular complexity index is 826. The molecule has 1 N–H and O–H groups in total. The number of hydrogen-bond acceptors (Lipinski definition) is 4. The van der Waals surface area contributed by atoms with E-state index in [0.29, 0.717) is 0 Å². The number of aryl methyl sites for hydroxylation is 3. The summed E-state index contributed by atoms with van der Waals surface area (Å²) in [7, 11) is 1.71. The zero-order chi connectivity index (χ0) is 18.0. The van der Waals surface area contributed by atoms with Crippen LogP contribution in [0.3, 0.4) is 0 Å². The minimum absolute atomic E-state index is 0.0459. The number of nitrogens with one attached hydrogen (secondary N) is 1. The van der Waals surface area contributed by atoms with Crippen LogP contribution in [0.2, 0.25) is 0 Å². The molecule has 0 unspecified atom stereocenters. The summed E-state index contributed by atoms with van der Waals surface area (Å²) in [5.41, 5.74) is 5.55. The van der Waals surface area contributed by atoms with E-state index in [9.17, 15) is 4.79 Å². The molecule has 3 rings (SSSR count). The molecule has 0 saturated carbocycles. The molecule has 2 aromatic rings. The fourth-order valence-corrected chi connectivity index (χ4v) is 3.52. The van der Waals surface area contributed by atoms with Gasteiger partial charge in [0.25, 0.3) is 5.56 Å². The maximum Gasteiger partial charge on any atom is 0.254 e. The Kier molecular flexibility index (Phi) is 5.23. The molecule has 0 atom stereocenters. The summed E-state index contributed by atoms with van der Waals surface area (Å²) in [6, 6.07) is 4.31. The lowest BCUT2D eigenvalue weighted by molar-refractivity contribution is 0.239. The van der Waals surface area contributed by atoms with Gasteiger partial charge in [-0.3, -0.25) is 9.69 Å². The average molecular weight is 341 g/mol. The van der Waals surface area contributed by atoms with Crippen LogP contribution < -0.4 is 10.3 Å². The van der Waals surface area contributed by atoms with Crippen molar-refractivity contribution in [2.24, 2.45) is 0 Å². The molecule has 0 spiro atoms. The van der Waals surface area contributed by atoms with Gasteiger partial charge < -0.3 is 9.72 Å². The van der Waals surface area contributed by atoms with Gasteiger partial charge in [0.05, 0.1) is 12.8 Å². The van der Waals surface area contributed by atoms with Gasteiger partial charge in [-0.15, -0.1) is 0 Å². The van der Waals surface area contributed by atoms with Crippen LogP contribution in [0.4, 0.5) is 0 Å². The van der Waals surface area contributed by atoms with Gasteiger partial charge in [0.15, 0.2) is 0 Å². The highest BCUT2D eigenvalue weighted by Gasteiger charge is 2.21. The van der Waals surface area contributed by atoms with E-state index in [-0.39, 0.29) is 5.56 Å². The van der Waals surface area contributed by atoms with Gasteiger partial charge >= 0.3 is 0 Å². The molecule has 1 aliphatic heterocycles. The van der Waals surface area contributed by atoms with Crippen molar-refractivity contribution in [3.8, 4) is 5.75 Å². The standard InChI is InChI=1S/C20H27N3O2/c1-5-6-19-21-17-12-23(8-7-16(17)20(24)22-19)11-15-9-14(3)18(25-4)10-13(15)2/h9-10H,5-8,11-12H2,1-4H3,(H,21,22,24). The van der Waals surface area contributed by atoms with Crippen molar-refractivity contribution in [2.75, 3.05) is 13.7 Å². The Balaban J connectivity index is 1.81. The lowest BCUT2D eigenvalue weighted by Gasteiger charge is -2.28. The van der Waals surface area contributed by atoms with Crippen molar-refractivity contribution in [3.05, 3.63) is 56.3 Å². The number of aromatic amines is 1. The van der Waals surface area contributed by atoms with Crippen LogP contribution >= 0.6 is 0 Å². The van der Waals surface area contributed by atoms with Crippen LogP contribution in [-0.4, -0.2) is 28.5 Å². The normalized spacial score (nSPS) is 14.4. The topological polar surface area (TPSA) is 58.2 Å². The van der Waals surface area contributed by atoms with E-state index in [4.69, 9.17) is 9.72 Å². The Morgan fingerprint density at radius 3 is 2.80 bits per heavy atom. The Labute approximate surface area is 149 Å². The largest absolute Gasteiger partial charge is 0.496 e. The van der Waals surface area contributed by atoms with Crippen LogP contribution in [0, 0.1) is 13.8 Å². The summed E-state index contributed by atoms with van der Waals surface area (Å²) in [4.78, 5) is 22.3. The van der Waals surface area contributed by atoms with E-state index in [2.05, 4.69) is 42.8 Å². The van der Waals surface area contributed by atoms with Crippen LogP contribution in [0.25, 0.3) is 0 Å². The minimum atomic E-state index is 0.0459. The van der Waals surface area contributed by atoms with Gasteiger partial charge in [0.2, 0.25) is 0 Å². The number of ether oxygens (including phenoxy) is 1. The fourth-order valence-electron chi connectivity index (χ4n) is 3.52. The van der Waals surface area contributed by atoms with E-state index in [1.165, 1.54) is 11.1 Å². The van der Waals surface area contributed by atoms with Crippen LogP contribution in [0.15, 0.2) is 16.9 Å². The zero-order valence-corrected chi connectivity index (χ0v) is 15.6. The predicted molar refractivity (Wildman–Crippen MR) is 99.1 cm³/mol. The smallest absolute Gasteiger partial charge is 0.254 e. The van der Waals surface area contributed by atoms with Crippen LogP contribution in [-0.2, 0) is 25.9 Å². The van der Waals surface area contributed by atoms with E-state index in [1.807, 2.05) is 0 Å². The molecule has 25 heavy (non-hydrogen) atoms. The molecule has 0 aliphatic carbocycles. The third-order valence-electron chi connectivity index (χ3n) is 4.94. The molecule has 5 heteroatoms. The van der Waals surface area contributed by atoms with E-state index in [1.54, 1.807) is 7.11 Å². The second kappa shape index (κ2) is 7.40. The first-order valence-corrected chi connectivity index (χ1v) is 8.99. The lowest BCUT2D eigenvalue weighted by Crippen LogP contribution is -2.35. The van der Waals surface area contributed by atoms with E-state index in [0.717, 1.165) is 67.3 Å². The molecule has 2 heterocycles. The first kappa shape index (κ1) is 17.7. The lowest BCUT2D eigenvalue weighted by atomic mass is 10.0. The molecular weight excluding hydrogens is 314 g/mol. The van der Waals surface area contributed by atoms with Crippen molar-refractivity contribution in [1.29, 1.82) is 0 Å². The Morgan fingerprint density at radius 1 is 1.28 bits per heavy atom. The summed E-state index contributed by atoms with van der Waals surface area (Å²) in [6.45, 7) is 8.78. The van der Waals surface area contributed by atoms with Gasteiger partial charge in [0, 0.05) is 31.6 Å². The average Bonchev–Trinajstić information content (AvgIpc) is 2.58. The first-order chi connectivity index (χ1) is 12.0. The predicted octanol–water partition coefficient (Wildman–Crippen LogP) is 2.91. The van der Waals surface area contributed by atoms with E-state index < -0.39 is 0 Å². The number of aromatic nitrogens is 2. The van der Waals surface area contributed by atoms with Crippen molar-refractivity contribution in [2.45, 2.75) is 53.1 Å². The number of hydrogen-bond donors (Lipinski definition) is 1. The minimum Gasteiger partial charge on any atom is -0.496 e. The number of fused-ring (bicyclic) bond motifs is 1. The highest BCUT2D eigenvalue weighted by molar-refractivity contribution is 5.41.